The molecule has 0 radical (unpaired) electrons. The molecule has 6 nitrogen and oxygen atoms in total. The molecule has 1 N–H and O–H groups in total. The molecule has 1 atom stereocenters. The Labute approximate surface area is 126 Å². The third kappa shape index (κ3) is 3.15. The maximum atomic E-state index is 4.55. The van der Waals surface area contributed by atoms with E-state index >= 15 is 0 Å². The van der Waals surface area contributed by atoms with Crippen LogP contribution in [0, 0.1) is 13.8 Å². The van der Waals surface area contributed by atoms with Gasteiger partial charge in [-0.1, -0.05) is 19.1 Å². The fourth-order valence-electron chi connectivity index (χ4n) is 2.73. The molecule has 0 saturated heterocycles. The van der Waals surface area contributed by atoms with Gasteiger partial charge < -0.3 is 5.32 Å². The van der Waals surface area contributed by atoms with Crippen molar-refractivity contribution in [2.45, 2.75) is 53.1 Å². The number of hydrogen-bond acceptors (Lipinski definition) is 4. The first kappa shape index (κ1) is 15.7. The zero-order valence-electron chi connectivity index (χ0n) is 13.7. The molecule has 2 rings (SSSR count). The van der Waals surface area contributed by atoms with Crippen LogP contribution in [0.4, 0.5) is 0 Å². The van der Waals surface area contributed by atoms with Crippen molar-refractivity contribution in [2.75, 3.05) is 6.54 Å². The average Bonchev–Trinajstić information content (AvgIpc) is 2.99. The summed E-state index contributed by atoms with van der Waals surface area (Å²) >= 11 is 0. The predicted octanol–water partition coefficient (Wildman–Crippen LogP) is 2.13. The minimum atomic E-state index is 0.0974. The molecule has 21 heavy (non-hydrogen) atoms. The van der Waals surface area contributed by atoms with Crippen molar-refractivity contribution in [1.82, 2.24) is 30.1 Å². The van der Waals surface area contributed by atoms with E-state index < -0.39 is 0 Å². The molecule has 2 aromatic heterocycles. The minimum absolute atomic E-state index is 0.0974. The van der Waals surface area contributed by atoms with Crippen LogP contribution in [0.15, 0.2) is 6.20 Å². The Balaban J connectivity index is 2.45. The van der Waals surface area contributed by atoms with Crippen LogP contribution in [0.2, 0.25) is 0 Å². The van der Waals surface area contributed by atoms with Crippen LogP contribution in [0.3, 0.4) is 0 Å². The fraction of sp³-hybridized carbons (Fsp3) is 0.667. The van der Waals surface area contributed by atoms with Gasteiger partial charge in [-0.2, -0.15) is 5.10 Å². The highest BCUT2D eigenvalue weighted by Crippen LogP contribution is 2.27. The highest BCUT2D eigenvalue weighted by Gasteiger charge is 2.24. The number of nitrogens with zero attached hydrogens (tertiary/aromatic N) is 5. The molecule has 1 unspecified atom stereocenters. The van der Waals surface area contributed by atoms with E-state index in [4.69, 9.17) is 0 Å². The van der Waals surface area contributed by atoms with Crippen molar-refractivity contribution >= 4 is 0 Å². The normalized spacial score (nSPS) is 12.8. The van der Waals surface area contributed by atoms with E-state index in [9.17, 15) is 0 Å². The van der Waals surface area contributed by atoms with Crippen LogP contribution in [-0.2, 0) is 13.6 Å². The first-order chi connectivity index (χ1) is 10.1. The molecule has 0 saturated carbocycles. The maximum Gasteiger partial charge on any atom is 0.0803 e. The van der Waals surface area contributed by atoms with Crippen LogP contribution in [-0.4, -0.2) is 31.3 Å². The molecule has 0 aliphatic heterocycles. The Morgan fingerprint density at radius 1 is 1.24 bits per heavy atom. The van der Waals surface area contributed by atoms with Crippen LogP contribution in [0.5, 0.6) is 0 Å². The highest BCUT2D eigenvalue weighted by atomic mass is 15.4. The van der Waals surface area contributed by atoms with Crippen LogP contribution in [0.25, 0.3) is 0 Å². The van der Waals surface area contributed by atoms with E-state index in [0.717, 1.165) is 37.3 Å². The molecule has 0 spiro atoms. The molecule has 0 aliphatic carbocycles. The lowest BCUT2D eigenvalue weighted by Crippen LogP contribution is -2.27. The average molecular weight is 290 g/mol. The number of aryl methyl sites for hydroxylation is 3. The van der Waals surface area contributed by atoms with Gasteiger partial charge in [0.15, 0.2) is 0 Å². The Kier molecular flexibility index (Phi) is 5.12. The first-order valence-electron chi connectivity index (χ1n) is 7.71. The van der Waals surface area contributed by atoms with Gasteiger partial charge in [-0.3, -0.25) is 4.68 Å². The zero-order valence-corrected chi connectivity index (χ0v) is 13.7. The summed E-state index contributed by atoms with van der Waals surface area (Å²) in [5.41, 5.74) is 4.60. The van der Waals surface area contributed by atoms with Gasteiger partial charge in [0.1, 0.15) is 0 Å². The van der Waals surface area contributed by atoms with E-state index in [2.05, 4.69) is 48.4 Å². The Hall–Kier alpha value is -1.69. The summed E-state index contributed by atoms with van der Waals surface area (Å²) in [7, 11) is 1.99. The Morgan fingerprint density at radius 2 is 2.00 bits per heavy atom. The molecular weight excluding hydrogens is 264 g/mol. The van der Waals surface area contributed by atoms with Crippen LogP contribution < -0.4 is 5.32 Å². The van der Waals surface area contributed by atoms with Crippen LogP contribution in [0.1, 0.15) is 55.4 Å². The smallest absolute Gasteiger partial charge is 0.0803 e. The van der Waals surface area contributed by atoms with Gasteiger partial charge in [-0.05, 0) is 33.2 Å². The van der Waals surface area contributed by atoms with E-state index in [1.165, 1.54) is 11.3 Å². The van der Waals surface area contributed by atoms with E-state index in [0.29, 0.717) is 0 Å². The third-order valence-corrected chi connectivity index (χ3v) is 3.83. The van der Waals surface area contributed by atoms with Crippen molar-refractivity contribution in [3.05, 3.63) is 28.8 Å². The number of hydrogen-bond donors (Lipinski definition) is 1. The lowest BCUT2D eigenvalue weighted by atomic mass is 10.0. The van der Waals surface area contributed by atoms with Gasteiger partial charge >= 0.3 is 0 Å². The second-order valence-electron chi connectivity index (χ2n) is 5.48. The van der Waals surface area contributed by atoms with Gasteiger partial charge in [-0.15, -0.1) is 5.10 Å². The quantitative estimate of drug-likeness (QED) is 0.848. The van der Waals surface area contributed by atoms with Crippen molar-refractivity contribution in [3.8, 4) is 0 Å². The molecular formula is C15H26N6. The molecule has 2 aromatic rings. The molecule has 0 aromatic carbocycles. The van der Waals surface area contributed by atoms with Gasteiger partial charge in [0.2, 0.25) is 0 Å². The summed E-state index contributed by atoms with van der Waals surface area (Å²) in [6.45, 7) is 10.4. The lowest BCUT2D eigenvalue weighted by Gasteiger charge is -2.20. The highest BCUT2D eigenvalue weighted by molar-refractivity contribution is 5.33. The molecule has 0 fully saturated rings. The number of nitrogens with one attached hydrogen (secondary N) is 1. The Morgan fingerprint density at radius 3 is 2.57 bits per heavy atom. The largest absolute Gasteiger partial charge is 0.305 e. The zero-order chi connectivity index (χ0) is 15.4. The van der Waals surface area contributed by atoms with E-state index in [1.54, 1.807) is 0 Å². The monoisotopic (exact) mass is 290 g/mol. The molecule has 0 amide bonds. The SMILES string of the molecule is CCCNC(c1c(C)nn(C)c1C)c1cnnn1CCC. The first-order valence-corrected chi connectivity index (χ1v) is 7.71. The molecule has 116 valence electrons. The van der Waals surface area contributed by atoms with Crippen LogP contribution >= 0.6 is 0 Å². The second kappa shape index (κ2) is 6.85. The fourth-order valence-corrected chi connectivity index (χ4v) is 2.73. The van der Waals surface area contributed by atoms with Gasteiger partial charge in [0, 0.05) is 24.8 Å². The summed E-state index contributed by atoms with van der Waals surface area (Å²) in [5.74, 6) is 0. The molecule has 0 bridgehead atoms. The third-order valence-electron chi connectivity index (χ3n) is 3.83. The minimum Gasteiger partial charge on any atom is -0.305 e. The van der Waals surface area contributed by atoms with E-state index in [1.807, 2.05) is 22.6 Å². The van der Waals surface area contributed by atoms with Crippen molar-refractivity contribution in [2.24, 2.45) is 7.05 Å². The van der Waals surface area contributed by atoms with Gasteiger partial charge in [0.05, 0.1) is 23.6 Å². The molecule has 0 aliphatic rings. The second-order valence-corrected chi connectivity index (χ2v) is 5.48. The topological polar surface area (TPSA) is 60.6 Å². The molecule has 2 heterocycles. The summed E-state index contributed by atoms with van der Waals surface area (Å²) in [5, 5.41) is 16.5. The van der Waals surface area contributed by atoms with Crippen molar-refractivity contribution in [1.29, 1.82) is 0 Å². The number of rotatable bonds is 7. The van der Waals surface area contributed by atoms with Crippen molar-refractivity contribution < 1.29 is 0 Å². The summed E-state index contributed by atoms with van der Waals surface area (Å²) in [6, 6.07) is 0.0974. The Bertz CT molecular complexity index is 583. The molecule has 6 heteroatoms. The summed E-state index contributed by atoms with van der Waals surface area (Å²) in [6.07, 6.45) is 4.00. The lowest BCUT2D eigenvalue weighted by molar-refractivity contribution is 0.502. The van der Waals surface area contributed by atoms with Crippen molar-refractivity contribution in [3.63, 3.8) is 0 Å². The van der Waals surface area contributed by atoms with Gasteiger partial charge in [-0.25, -0.2) is 4.68 Å². The maximum absolute atomic E-state index is 4.55. The standard InChI is InChI=1S/C15H26N6/c1-6-8-16-15(13-10-17-19-21(13)9-7-2)14-11(3)18-20(5)12(14)4/h10,15-16H,6-9H2,1-5H3. The predicted molar refractivity (Wildman–Crippen MR) is 83.1 cm³/mol. The summed E-state index contributed by atoms with van der Waals surface area (Å²) in [4.78, 5) is 0. The number of aromatic nitrogens is 5. The van der Waals surface area contributed by atoms with E-state index in [-0.39, 0.29) is 6.04 Å². The summed E-state index contributed by atoms with van der Waals surface area (Å²) < 4.78 is 3.94. The van der Waals surface area contributed by atoms with Gasteiger partial charge in [0.25, 0.3) is 0 Å².